The predicted octanol–water partition coefficient (Wildman–Crippen LogP) is 3.36. The van der Waals surface area contributed by atoms with E-state index in [1.54, 1.807) is 11.6 Å². The lowest BCUT2D eigenvalue weighted by molar-refractivity contribution is 0.203. The number of hydrogen-bond acceptors (Lipinski definition) is 9. The van der Waals surface area contributed by atoms with Crippen molar-refractivity contribution in [2.45, 2.75) is 6.10 Å². The quantitative estimate of drug-likeness (QED) is 0.371. The van der Waals surface area contributed by atoms with Crippen LogP contribution in [0.1, 0.15) is 23.3 Å². The standard InChI is InChI=1S/C17H12FN5O3S/c1-24-22-6-10-4-14(19-7-12(10)18)16(17-23-21-8-25-17)26-11-2-3-13-15(5-11)27-9-20-13/h2-9,16H,1H3/b22-6+. The zero-order valence-electron chi connectivity index (χ0n) is 13.9. The summed E-state index contributed by atoms with van der Waals surface area (Å²) in [4.78, 5) is 13.0. The maximum Gasteiger partial charge on any atom is 0.263 e. The number of ether oxygens (including phenoxy) is 1. The Morgan fingerprint density at radius 3 is 3.04 bits per heavy atom. The average Bonchev–Trinajstić information content (AvgIpc) is 3.37. The highest BCUT2D eigenvalue weighted by Crippen LogP contribution is 2.30. The number of oxime groups is 1. The van der Waals surface area contributed by atoms with Crippen LogP contribution in [0.25, 0.3) is 10.2 Å². The van der Waals surface area contributed by atoms with Crippen molar-refractivity contribution in [2.24, 2.45) is 5.16 Å². The van der Waals surface area contributed by atoms with Crippen LogP contribution in [0, 0.1) is 5.82 Å². The molecule has 0 bridgehead atoms. The van der Waals surface area contributed by atoms with Crippen LogP contribution in [0.15, 0.2) is 51.9 Å². The monoisotopic (exact) mass is 385 g/mol. The summed E-state index contributed by atoms with van der Waals surface area (Å²) in [5, 5.41) is 11.2. The minimum absolute atomic E-state index is 0.188. The largest absolute Gasteiger partial charge is 0.474 e. The molecule has 0 aliphatic carbocycles. The van der Waals surface area contributed by atoms with Crippen molar-refractivity contribution in [3.8, 4) is 5.75 Å². The van der Waals surface area contributed by atoms with Crippen molar-refractivity contribution < 1.29 is 18.4 Å². The van der Waals surface area contributed by atoms with E-state index in [-0.39, 0.29) is 11.5 Å². The number of rotatable bonds is 6. The van der Waals surface area contributed by atoms with Crippen LogP contribution in [0.4, 0.5) is 4.39 Å². The lowest BCUT2D eigenvalue weighted by atomic mass is 10.1. The molecule has 0 saturated heterocycles. The lowest BCUT2D eigenvalue weighted by Crippen LogP contribution is -2.13. The summed E-state index contributed by atoms with van der Waals surface area (Å²) < 4.78 is 26.3. The zero-order chi connectivity index (χ0) is 18.6. The Balaban J connectivity index is 1.72. The second kappa shape index (κ2) is 7.46. The Morgan fingerprint density at radius 2 is 2.22 bits per heavy atom. The van der Waals surface area contributed by atoms with Gasteiger partial charge >= 0.3 is 0 Å². The van der Waals surface area contributed by atoms with E-state index >= 15 is 0 Å². The van der Waals surface area contributed by atoms with Crippen molar-refractivity contribution in [3.05, 3.63) is 65.3 Å². The molecule has 10 heteroatoms. The molecule has 1 unspecified atom stereocenters. The molecule has 8 nitrogen and oxygen atoms in total. The van der Waals surface area contributed by atoms with Gasteiger partial charge in [-0.2, -0.15) is 0 Å². The van der Waals surface area contributed by atoms with E-state index < -0.39 is 11.9 Å². The van der Waals surface area contributed by atoms with Crippen LogP contribution in [0.2, 0.25) is 0 Å². The molecule has 0 aliphatic rings. The van der Waals surface area contributed by atoms with Gasteiger partial charge in [-0.25, -0.2) is 9.37 Å². The number of halogens is 1. The summed E-state index contributed by atoms with van der Waals surface area (Å²) in [6.45, 7) is 0. The van der Waals surface area contributed by atoms with Crippen LogP contribution in [0.5, 0.6) is 5.75 Å². The van der Waals surface area contributed by atoms with Crippen molar-refractivity contribution in [1.82, 2.24) is 20.2 Å². The van der Waals surface area contributed by atoms with Gasteiger partial charge < -0.3 is 14.0 Å². The second-order valence-corrected chi connectivity index (χ2v) is 6.19. The molecule has 0 aliphatic heterocycles. The molecule has 3 aromatic heterocycles. The molecule has 4 aromatic rings. The third kappa shape index (κ3) is 3.60. The zero-order valence-corrected chi connectivity index (χ0v) is 14.8. The average molecular weight is 385 g/mol. The molecule has 0 spiro atoms. The number of benzene rings is 1. The molecular formula is C17H12FN5O3S. The minimum Gasteiger partial charge on any atom is -0.474 e. The topological polar surface area (TPSA) is 95.5 Å². The van der Waals surface area contributed by atoms with Gasteiger partial charge in [0.15, 0.2) is 0 Å². The number of nitrogens with zero attached hydrogens (tertiary/aromatic N) is 5. The predicted molar refractivity (Wildman–Crippen MR) is 95.2 cm³/mol. The summed E-state index contributed by atoms with van der Waals surface area (Å²) in [6, 6.07) is 6.97. The van der Waals surface area contributed by atoms with Gasteiger partial charge in [-0.1, -0.05) is 5.16 Å². The maximum atomic E-state index is 14.0. The van der Waals surface area contributed by atoms with E-state index in [2.05, 4.69) is 30.2 Å². The van der Waals surface area contributed by atoms with Crippen LogP contribution >= 0.6 is 11.3 Å². The Hall–Kier alpha value is -3.40. The molecule has 0 N–H and O–H groups in total. The fourth-order valence-corrected chi connectivity index (χ4v) is 3.11. The minimum atomic E-state index is -0.826. The van der Waals surface area contributed by atoms with Gasteiger partial charge in [0, 0.05) is 5.56 Å². The number of fused-ring (bicyclic) bond motifs is 1. The Kier molecular flexibility index (Phi) is 4.71. The summed E-state index contributed by atoms with van der Waals surface area (Å²) in [5.74, 6) is 0.205. The van der Waals surface area contributed by atoms with Gasteiger partial charge in [0.1, 0.15) is 18.7 Å². The van der Waals surface area contributed by atoms with E-state index in [0.717, 1.165) is 16.4 Å². The number of pyridine rings is 1. The van der Waals surface area contributed by atoms with E-state index in [9.17, 15) is 4.39 Å². The van der Waals surface area contributed by atoms with Crippen LogP contribution in [0.3, 0.4) is 0 Å². The normalized spacial score (nSPS) is 12.5. The van der Waals surface area contributed by atoms with Gasteiger partial charge in [0.2, 0.25) is 12.5 Å². The molecule has 0 fully saturated rings. The van der Waals surface area contributed by atoms with Gasteiger partial charge in [0.25, 0.3) is 5.89 Å². The third-order valence-corrected chi connectivity index (χ3v) is 4.42. The number of aromatic nitrogens is 4. The molecule has 1 aromatic carbocycles. The molecule has 0 amide bonds. The highest BCUT2D eigenvalue weighted by atomic mass is 32.1. The summed E-state index contributed by atoms with van der Waals surface area (Å²) >= 11 is 1.50. The van der Waals surface area contributed by atoms with Crippen molar-refractivity contribution in [2.75, 3.05) is 7.11 Å². The molecular weight excluding hydrogens is 373 g/mol. The van der Waals surface area contributed by atoms with Gasteiger partial charge in [-0.3, -0.25) is 4.98 Å². The first kappa shape index (κ1) is 17.0. The Morgan fingerprint density at radius 1 is 1.30 bits per heavy atom. The first-order chi connectivity index (χ1) is 13.2. The van der Waals surface area contributed by atoms with Crippen LogP contribution in [-0.2, 0) is 4.84 Å². The molecule has 3 heterocycles. The molecule has 27 heavy (non-hydrogen) atoms. The fraction of sp³-hybridized carbons (Fsp3) is 0.118. The lowest BCUT2D eigenvalue weighted by Gasteiger charge is -2.16. The molecule has 0 saturated carbocycles. The van der Waals surface area contributed by atoms with Gasteiger partial charge in [0.05, 0.1) is 33.8 Å². The molecule has 0 radical (unpaired) electrons. The van der Waals surface area contributed by atoms with E-state index in [0.29, 0.717) is 11.4 Å². The van der Waals surface area contributed by atoms with Gasteiger partial charge in [-0.15, -0.1) is 21.5 Å². The number of thiazole rings is 1. The molecule has 4 rings (SSSR count). The van der Waals surface area contributed by atoms with Gasteiger partial charge in [-0.05, 0) is 24.3 Å². The SMILES string of the molecule is CO/N=C/c1cc(C(Oc2ccc3ncsc3c2)c2nnco2)ncc1F. The van der Waals surface area contributed by atoms with Crippen LogP contribution in [-0.4, -0.2) is 33.5 Å². The highest BCUT2D eigenvalue weighted by Gasteiger charge is 2.24. The Bertz CT molecular complexity index is 1080. The van der Waals surface area contributed by atoms with Crippen molar-refractivity contribution >= 4 is 27.8 Å². The molecule has 136 valence electrons. The smallest absolute Gasteiger partial charge is 0.263 e. The van der Waals surface area contributed by atoms with Crippen molar-refractivity contribution in [1.29, 1.82) is 0 Å². The van der Waals surface area contributed by atoms with Crippen molar-refractivity contribution in [3.63, 3.8) is 0 Å². The second-order valence-electron chi connectivity index (χ2n) is 5.30. The first-order valence-corrected chi connectivity index (χ1v) is 8.60. The summed E-state index contributed by atoms with van der Waals surface area (Å²) in [6.07, 6.45) is 2.68. The maximum absolute atomic E-state index is 14.0. The van der Waals surface area contributed by atoms with Crippen LogP contribution < -0.4 is 4.74 Å². The van der Waals surface area contributed by atoms with E-state index in [4.69, 9.17) is 9.15 Å². The highest BCUT2D eigenvalue weighted by molar-refractivity contribution is 7.16. The van der Waals surface area contributed by atoms with E-state index in [1.165, 1.54) is 37.1 Å². The van der Waals surface area contributed by atoms with E-state index in [1.807, 2.05) is 12.1 Å². The summed E-state index contributed by atoms with van der Waals surface area (Å²) in [5.41, 5.74) is 3.20. The number of hydrogen-bond donors (Lipinski definition) is 0. The fourth-order valence-electron chi connectivity index (χ4n) is 2.40. The molecule has 1 atom stereocenters. The first-order valence-electron chi connectivity index (χ1n) is 7.72. The third-order valence-electron chi connectivity index (χ3n) is 3.63. The summed E-state index contributed by atoms with van der Waals surface area (Å²) in [7, 11) is 1.37. The Labute approximate surface area is 156 Å².